The minimum atomic E-state index is -0.128. The van der Waals surface area contributed by atoms with Crippen LogP contribution < -0.4 is 15.0 Å². The molecule has 2 aromatic heterocycles. The molecule has 0 bridgehead atoms. The second-order valence-electron chi connectivity index (χ2n) is 7.14. The van der Waals surface area contributed by atoms with Gasteiger partial charge in [0.25, 0.3) is 0 Å². The summed E-state index contributed by atoms with van der Waals surface area (Å²) < 4.78 is 11.1. The van der Waals surface area contributed by atoms with Crippen molar-refractivity contribution in [3.63, 3.8) is 0 Å². The lowest BCUT2D eigenvalue weighted by atomic mass is 9.96. The Morgan fingerprint density at radius 3 is 2.93 bits per heavy atom. The molecule has 1 aliphatic heterocycles. The Hall–Kier alpha value is -3.09. The first-order valence-corrected chi connectivity index (χ1v) is 9.48. The SMILES string of the molecule is COc1ccccc1NC(=O)C1CCCN(c2ncnc3oc(C)c(C)c23)C1. The summed E-state index contributed by atoms with van der Waals surface area (Å²) >= 11 is 0. The predicted molar refractivity (Wildman–Crippen MR) is 108 cm³/mol. The zero-order valence-electron chi connectivity index (χ0n) is 16.4. The summed E-state index contributed by atoms with van der Waals surface area (Å²) in [6.45, 7) is 5.41. The lowest BCUT2D eigenvalue weighted by Gasteiger charge is -2.33. The highest BCUT2D eigenvalue weighted by atomic mass is 16.5. The zero-order chi connectivity index (χ0) is 19.7. The Kier molecular flexibility index (Phi) is 4.90. The van der Waals surface area contributed by atoms with Crippen LogP contribution in [-0.4, -0.2) is 36.1 Å². The molecule has 0 radical (unpaired) electrons. The van der Waals surface area contributed by atoms with E-state index < -0.39 is 0 Å². The lowest BCUT2D eigenvalue weighted by Crippen LogP contribution is -2.41. The molecule has 28 heavy (non-hydrogen) atoms. The molecule has 3 heterocycles. The summed E-state index contributed by atoms with van der Waals surface area (Å²) in [4.78, 5) is 23.8. The Morgan fingerprint density at radius 1 is 1.29 bits per heavy atom. The van der Waals surface area contributed by atoms with Gasteiger partial charge in [0, 0.05) is 18.7 Å². The molecule has 1 aromatic carbocycles. The van der Waals surface area contributed by atoms with E-state index in [9.17, 15) is 4.79 Å². The van der Waals surface area contributed by atoms with Gasteiger partial charge in [0.2, 0.25) is 11.6 Å². The van der Waals surface area contributed by atoms with Gasteiger partial charge in [-0.15, -0.1) is 0 Å². The first kappa shape index (κ1) is 18.3. The van der Waals surface area contributed by atoms with E-state index in [1.165, 1.54) is 6.33 Å². The van der Waals surface area contributed by atoms with Crippen molar-refractivity contribution in [2.24, 2.45) is 5.92 Å². The van der Waals surface area contributed by atoms with Crippen LogP contribution in [0.4, 0.5) is 11.5 Å². The summed E-state index contributed by atoms with van der Waals surface area (Å²) in [5, 5.41) is 3.95. The molecular formula is C21H24N4O3. The van der Waals surface area contributed by atoms with Crippen LogP contribution in [0.2, 0.25) is 0 Å². The van der Waals surface area contributed by atoms with Crippen molar-refractivity contribution in [2.75, 3.05) is 30.4 Å². The van der Waals surface area contributed by atoms with Crippen molar-refractivity contribution in [2.45, 2.75) is 26.7 Å². The average molecular weight is 380 g/mol. The number of hydrogen-bond donors (Lipinski definition) is 1. The summed E-state index contributed by atoms with van der Waals surface area (Å²) in [5.74, 6) is 2.22. The van der Waals surface area contributed by atoms with Crippen LogP contribution in [0.15, 0.2) is 35.0 Å². The van der Waals surface area contributed by atoms with E-state index in [1.807, 2.05) is 38.1 Å². The van der Waals surface area contributed by atoms with Crippen molar-refractivity contribution in [3.8, 4) is 5.75 Å². The van der Waals surface area contributed by atoms with E-state index in [4.69, 9.17) is 9.15 Å². The van der Waals surface area contributed by atoms with Crippen LogP contribution in [0, 0.1) is 19.8 Å². The number of fused-ring (bicyclic) bond motifs is 1. The normalized spacial score (nSPS) is 17.0. The second kappa shape index (κ2) is 7.50. The van der Waals surface area contributed by atoms with E-state index >= 15 is 0 Å². The number of para-hydroxylation sites is 2. The number of rotatable bonds is 4. The summed E-state index contributed by atoms with van der Waals surface area (Å²) in [6, 6.07) is 7.45. The van der Waals surface area contributed by atoms with E-state index in [0.717, 1.165) is 41.9 Å². The third-order valence-corrected chi connectivity index (χ3v) is 5.40. The van der Waals surface area contributed by atoms with Crippen LogP contribution in [0.1, 0.15) is 24.2 Å². The Balaban J connectivity index is 1.56. The number of piperidine rings is 1. The number of carbonyl (C=O) groups excluding carboxylic acids is 1. The maximum atomic E-state index is 12.9. The molecule has 7 nitrogen and oxygen atoms in total. The number of hydrogen-bond acceptors (Lipinski definition) is 6. The van der Waals surface area contributed by atoms with Gasteiger partial charge in [-0.2, -0.15) is 0 Å². The molecule has 0 spiro atoms. The van der Waals surface area contributed by atoms with E-state index in [0.29, 0.717) is 23.7 Å². The molecule has 1 atom stereocenters. The van der Waals surface area contributed by atoms with E-state index in [2.05, 4.69) is 20.2 Å². The highest BCUT2D eigenvalue weighted by Gasteiger charge is 2.29. The molecule has 1 amide bonds. The fraction of sp³-hybridized carbons (Fsp3) is 0.381. The topological polar surface area (TPSA) is 80.5 Å². The van der Waals surface area contributed by atoms with E-state index in [1.54, 1.807) is 7.11 Å². The zero-order valence-corrected chi connectivity index (χ0v) is 16.4. The molecule has 7 heteroatoms. The van der Waals surface area contributed by atoms with E-state index in [-0.39, 0.29) is 11.8 Å². The molecule has 1 fully saturated rings. The van der Waals surface area contributed by atoms with Gasteiger partial charge in [-0.05, 0) is 38.8 Å². The fourth-order valence-electron chi connectivity index (χ4n) is 3.77. The van der Waals surface area contributed by atoms with Gasteiger partial charge in [0.1, 0.15) is 23.7 Å². The van der Waals surface area contributed by atoms with Gasteiger partial charge in [0.15, 0.2) is 0 Å². The third kappa shape index (κ3) is 3.28. The van der Waals surface area contributed by atoms with Crippen molar-refractivity contribution in [1.29, 1.82) is 0 Å². The molecule has 0 aliphatic carbocycles. The predicted octanol–water partition coefficient (Wildman–Crippen LogP) is 3.70. The summed E-state index contributed by atoms with van der Waals surface area (Å²) in [6.07, 6.45) is 3.29. The largest absolute Gasteiger partial charge is 0.495 e. The Morgan fingerprint density at radius 2 is 2.11 bits per heavy atom. The molecule has 4 rings (SSSR count). The average Bonchev–Trinajstić information content (AvgIpc) is 3.02. The summed E-state index contributed by atoms with van der Waals surface area (Å²) in [7, 11) is 1.60. The Labute approximate surface area is 163 Å². The Bertz CT molecular complexity index is 1010. The van der Waals surface area contributed by atoms with Gasteiger partial charge in [-0.1, -0.05) is 12.1 Å². The number of aromatic nitrogens is 2. The minimum Gasteiger partial charge on any atom is -0.495 e. The number of aryl methyl sites for hydroxylation is 2. The highest BCUT2D eigenvalue weighted by Crippen LogP contribution is 2.33. The molecule has 1 N–H and O–H groups in total. The standard InChI is InChI=1S/C21H24N4O3/c1-13-14(2)28-21-18(13)19(22-12-23-21)25-10-6-7-15(11-25)20(26)24-16-8-4-5-9-17(16)27-3/h4-5,8-9,12,15H,6-7,10-11H2,1-3H3,(H,24,26). The molecule has 1 saturated heterocycles. The van der Waals surface area contributed by atoms with Crippen molar-refractivity contribution < 1.29 is 13.9 Å². The first-order valence-electron chi connectivity index (χ1n) is 9.48. The van der Waals surface area contributed by atoms with Crippen LogP contribution >= 0.6 is 0 Å². The number of carbonyl (C=O) groups is 1. The number of ether oxygens (including phenoxy) is 1. The number of methoxy groups -OCH3 is 1. The fourth-order valence-corrected chi connectivity index (χ4v) is 3.77. The number of anilines is 2. The number of furan rings is 1. The highest BCUT2D eigenvalue weighted by molar-refractivity contribution is 5.95. The van der Waals surface area contributed by atoms with Gasteiger partial charge in [-0.25, -0.2) is 9.97 Å². The van der Waals surface area contributed by atoms with Gasteiger partial charge in [0.05, 0.1) is 24.1 Å². The molecule has 3 aromatic rings. The molecule has 1 aliphatic rings. The van der Waals surface area contributed by atoms with Crippen molar-refractivity contribution in [3.05, 3.63) is 41.9 Å². The lowest BCUT2D eigenvalue weighted by molar-refractivity contribution is -0.120. The van der Waals surface area contributed by atoms with Gasteiger partial charge >= 0.3 is 0 Å². The number of nitrogens with zero attached hydrogens (tertiary/aromatic N) is 3. The van der Waals surface area contributed by atoms with Crippen LogP contribution in [-0.2, 0) is 4.79 Å². The summed E-state index contributed by atoms with van der Waals surface area (Å²) in [5.41, 5.74) is 2.34. The molecular weight excluding hydrogens is 356 g/mol. The maximum Gasteiger partial charge on any atom is 0.231 e. The number of nitrogens with one attached hydrogen (secondary N) is 1. The van der Waals surface area contributed by atoms with Gasteiger partial charge < -0.3 is 19.4 Å². The first-order chi connectivity index (χ1) is 13.6. The molecule has 1 unspecified atom stereocenters. The number of benzene rings is 1. The number of amides is 1. The third-order valence-electron chi connectivity index (χ3n) is 5.40. The monoisotopic (exact) mass is 380 g/mol. The quantitative estimate of drug-likeness (QED) is 0.743. The van der Waals surface area contributed by atoms with Crippen LogP contribution in [0.3, 0.4) is 0 Å². The molecule has 0 saturated carbocycles. The second-order valence-corrected chi connectivity index (χ2v) is 7.14. The van der Waals surface area contributed by atoms with Crippen LogP contribution in [0.5, 0.6) is 5.75 Å². The minimum absolute atomic E-state index is 0.000374. The van der Waals surface area contributed by atoms with Crippen molar-refractivity contribution >= 4 is 28.5 Å². The maximum absolute atomic E-state index is 12.9. The smallest absolute Gasteiger partial charge is 0.231 e. The van der Waals surface area contributed by atoms with Gasteiger partial charge in [-0.3, -0.25) is 4.79 Å². The van der Waals surface area contributed by atoms with Crippen molar-refractivity contribution in [1.82, 2.24) is 9.97 Å². The van der Waals surface area contributed by atoms with Crippen LogP contribution in [0.25, 0.3) is 11.1 Å². The molecule has 146 valence electrons.